The van der Waals surface area contributed by atoms with E-state index in [0.717, 1.165) is 29.2 Å². The van der Waals surface area contributed by atoms with Crippen molar-refractivity contribution in [3.05, 3.63) is 18.2 Å². The van der Waals surface area contributed by atoms with Crippen molar-refractivity contribution in [3.8, 4) is 12.3 Å². The van der Waals surface area contributed by atoms with Crippen LogP contribution in [-0.2, 0) is 0 Å². The minimum Gasteiger partial charge on any atom is -0.424 e. The molecule has 0 saturated carbocycles. The van der Waals surface area contributed by atoms with E-state index in [1.807, 2.05) is 6.07 Å². The summed E-state index contributed by atoms with van der Waals surface area (Å²) in [5.41, 5.74) is 7.85. The van der Waals surface area contributed by atoms with Gasteiger partial charge in [0, 0.05) is 18.0 Å². The largest absolute Gasteiger partial charge is 0.424 e. The van der Waals surface area contributed by atoms with Crippen molar-refractivity contribution in [2.45, 2.75) is 0 Å². The second-order valence-electron chi connectivity index (χ2n) is 3.43. The Bertz CT molecular complexity index is 544. The van der Waals surface area contributed by atoms with Gasteiger partial charge >= 0.3 is 0 Å². The lowest BCUT2D eigenvalue weighted by Gasteiger charge is -1.98. The van der Waals surface area contributed by atoms with Crippen molar-refractivity contribution in [1.29, 1.82) is 0 Å². The summed E-state index contributed by atoms with van der Waals surface area (Å²) in [7, 11) is 0. The van der Waals surface area contributed by atoms with Crippen molar-refractivity contribution < 1.29 is 4.42 Å². The van der Waals surface area contributed by atoms with Crippen LogP contribution in [0.4, 0.5) is 11.7 Å². The summed E-state index contributed by atoms with van der Waals surface area (Å²) in [4.78, 5) is 4.28. The Hall–Kier alpha value is -1.80. The van der Waals surface area contributed by atoms with Gasteiger partial charge in [-0.1, -0.05) is 5.92 Å². The highest BCUT2D eigenvalue weighted by Crippen LogP contribution is 2.20. The van der Waals surface area contributed by atoms with Gasteiger partial charge in [-0.2, -0.15) is 4.98 Å². The maximum Gasteiger partial charge on any atom is 0.295 e. The van der Waals surface area contributed by atoms with E-state index in [4.69, 9.17) is 16.6 Å². The molecule has 0 fully saturated rings. The number of anilines is 2. The maximum atomic E-state index is 5.66. The molecule has 2 rings (SSSR count). The second kappa shape index (κ2) is 5.51. The van der Waals surface area contributed by atoms with E-state index >= 15 is 0 Å². The molecule has 0 saturated heterocycles. The molecule has 0 aliphatic rings. The molecular weight excluding hydrogens is 234 g/mol. The molecule has 1 aromatic carbocycles. The molecule has 1 heterocycles. The van der Waals surface area contributed by atoms with Crippen LogP contribution >= 0.6 is 11.8 Å². The maximum absolute atomic E-state index is 5.66. The molecule has 0 aliphatic heterocycles. The summed E-state index contributed by atoms with van der Waals surface area (Å²) in [5, 5.41) is 3.10. The highest BCUT2D eigenvalue weighted by atomic mass is 32.2. The number of nitrogens with one attached hydrogen (secondary N) is 1. The standard InChI is InChI=1S/C12H13N3OS/c1-2-6-17-7-5-14-12-15-10-8-9(13)3-4-11(10)16-12/h1,3-4,8H,5-7,13H2,(H,14,15). The lowest BCUT2D eigenvalue weighted by molar-refractivity contribution is 0.617. The predicted molar refractivity (Wildman–Crippen MR) is 73.1 cm³/mol. The average Bonchev–Trinajstić information content (AvgIpc) is 2.70. The first-order valence-corrected chi connectivity index (χ1v) is 6.36. The number of oxazole rings is 1. The number of nitrogens with zero attached hydrogens (tertiary/aromatic N) is 1. The number of hydrogen-bond acceptors (Lipinski definition) is 5. The minimum absolute atomic E-state index is 0.520. The highest BCUT2D eigenvalue weighted by Gasteiger charge is 2.04. The molecule has 2 aromatic rings. The van der Waals surface area contributed by atoms with Crippen LogP contribution in [-0.4, -0.2) is 23.0 Å². The zero-order valence-electron chi connectivity index (χ0n) is 9.27. The third-order valence-corrected chi connectivity index (χ3v) is 2.98. The molecular formula is C12H13N3OS. The van der Waals surface area contributed by atoms with Crippen LogP contribution in [0.3, 0.4) is 0 Å². The van der Waals surface area contributed by atoms with E-state index in [9.17, 15) is 0 Å². The quantitative estimate of drug-likeness (QED) is 0.481. The van der Waals surface area contributed by atoms with Crippen molar-refractivity contribution in [2.24, 2.45) is 0 Å². The van der Waals surface area contributed by atoms with Gasteiger partial charge in [-0.3, -0.25) is 0 Å². The van der Waals surface area contributed by atoms with Crippen molar-refractivity contribution >= 4 is 34.6 Å². The van der Waals surface area contributed by atoms with Gasteiger partial charge in [-0.15, -0.1) is 18.2 Å². The number of fused-ring (bicyclic) bond motifs is 1. The summed E-state index contributed by atoms with van der Waals surface area (Å²) >= 11 is 1.69. The number of benzene rings is 1. The summed E-state index contributed by atoms with van der Waals surface area (Å²) < 4.78 is 5.50. The molecule has 0 radical (unpaired) electrons. The van der Waals surface area contributed by atoms with E-state index in [2.05, 4.69) is 16.2 Å². The highest BCUT2D eigenvalue weighted by molar-refractivity contribution is 7.99. The Labute approximate surface area is 104 Å². The van der Waals surface area contributed by atoms with Gasteiger partial charge < -0.3 is 15.5 Å². The van der Waals surface area contributed by atoms with Gasteiger partial charge in [-0.05, 0) is 18.2 Å². The first-order chi connectivity index (χ1) is 8.29. The Morgan fingerprint density at radius 2 is 2.41 bits per heavy atom. The number of terminal acetylenes is 1. The van der Waals surface area contributed by atoms with Crippen LogP contribution < -0.4 is 11.1 Å². The molecule has 0 bridgehead atoms. The molecule has 3 N–H and O–H groups in total. The Kier molecular flexibility index (Phi) is 3.78. The van der Waals surface area contributed by atoms with Gasteiger partial charge in [0.05, 0.1) is 5.75 Å². The zero-order valence-corrected chi connectivity index (χ0v) is 10.1. The molecule has 0 amide bonds. The number of nitrogen functional groups attached to an aromatic ring is 1. The number of rotatable bonds is 5. The number of hydrogen-bond donors (Lipinski definition) is 2. The third kappa shape index (κ3) is 3.08. The fraction of sp³-hybridized carbons (Fsp3) is 0.250. The molecule has 0 atom stereocenters. The average molecular weight is 247 g/mol. The molecule has 0 spiro atoms. The summed E-state index contributed by atoms with van der Waals surface area (Å²) in [6.07, 6.45) is 5.15. The van der Waals surface area contributed by atoms with Gasteiger partial charge in [0.25, 0.3) is 6.01 Å². The number of nitrogens with two attached hydrogens (primary N) is 1. The first-order valence-electron chi connectivity index (χ1n) is 5.21. The smallest absolute Gasteiger partial charge is 0.295 e. The first kappa shape index (κ1) is 11.7. The Morgan fingerprint density at radius 3 is 3.24 bits per heavy atom. The van der Waals surface area contributed by atoms with Crippen molar-refractivity contribution in [1.82, 2.24) is 4.98 Å². The van der Waals surface area contributed by atoms with Crippen LogP contribution in [0.1, 0.15) is 0 Å². The molecule has 0 unspecified atom stereocenters. The normalized spacial score (nSPS) is 10.3. The second-order valence-corrected chi connectivity index (χ2v) is 4.53. The third-order valence-electron chi connectivity index (χ3n) is 2.12. The van der Waals surface area contributed by atoms with Crippen LogP contribution in [0.15, 0.2) is 22.6 Å². The van der Waals surface area contributed by atoms with Crippen molar-refractivity contribution in [3.63, 3.8) is 0 Å². The van der Waals surface area contributed by atoms with Crippen LogP contribution in [0, 0.1) is 12.3 Å². The van der Waals surface area contributed by atoms with E-state index in [1.165, 1.54) is 0 Å². The molecule has 1 aromatic heterocycles. The molecule has 17 heavy (non-hydrogen) atoms. The molecule has 0 aliphatic carbocycles. The molecule has 4 nitrogen and oxygen atoms in total. The van der Waals surface area contributed by atoms with E-state index in [-0.39, 0.29) is 0 Å². The summed E-state index contributed by atoms with van der Waals surface area (Å²) in [5.74, 6) is 4.23. The molecule has 88 valence electrons. The molecule has 5 heteroatoms. The van der Waals surface area contributed by atoms with Gasteiger partial charge in [0.1, 0.15) is 5.52 Å². The monoisotopic (exact) mass is 247 g/mol. The van der Waals surface area contributed by atoms with Crippen LogP contribution in [0.5, 0.6) is 0 Å². The van der Waals surface area contributed by atoms with Gasteiger partial charge in [0.2, 0.25) is 0 Å². The van der Waals surface area contributed by atoms with Crippen molar-refractivity contribution in [2.75, 3.05) is 29.1 Å². The van der Waals surface area contributed by atoms with Gasteiger partial charge in [-0.25, -0.2) is 0 Å². The summed E-state index contributed by atoms with van der Waals surface area (Å²) in [6, 6.07) is 5.92. The lowest BCUT2D eigenvalue weighted by atomic mass is 10.3. The van der Waals surface area contributed by atoms with E-state index in [0.29, 0.717) is 11.7 Å². The summed E-state index contributed by atoms with van der Waals surface area (Å²) in [6.45, 7) is 0.772. The zero-order chi connectivity index (χ0) is 12.1. The van der Waals surface area contributed by atoms with Crippen LogP contribution in [0.25, 0.3) is 11.1 Å². The minimum atomic E-state index is 0.520. The Morgan fingerprint density at radius 1 is 1.53 bits per heavy atom. The number of thioether (sulfide) groups is 1. The Balaban J connectivity index is 1.93. The topological polar surface area (TPSA) is 64.1 Å². The van der Waals surface area contributed by atoms with E-state index < -0.39 is 0 Å². The SMILES string of the molecule is C#CCSCCNc1nc2cc(N)ccc2o1. The fourth-order valence-electron chi connectivity index (χ4n) is 1.38. The fourth-order valence-corrected chi connectivity index (χ4v) is 1.89. The predicted octanol–water partition coefficient (Wildman–Crippen LogP) is 2.19. The van der Waals surface area contributed by atoms with Crippen LogP contribution in [0.2, 0.25) is 0 Å². The lowest BCUT2D eigenvalue weighted by Crippen LogP contribution is -2.04. The van der Waals surface area contributed by atoms with E-state index in [1.54, 1.807) is 23.9 Å². The number of aromatic nitrogens is 1. The van der Waals surface area contributed by atoms with Gasteiger partial charge in [0.15, 0.2) is 5.58 Å².